The Morgan fingerprint density at radius 3 is 2.90 bits per heavy atom. The number of hydrogen-bond donors (Lipinski definition) is 1. The lowest BCUT2D eigenvalue weighted by Gasteiger charge is -2.41. The van der Waals surface area contributed by atoms with Gasteiger partial charge in [-0.15, -0.1) is 11.3 Å². The average Bonchev–Trinajstić information content (AvgIpc) is 3.46. The molecule has 0 spiro atoms. The zero-order chi connectivity index (χ0) is 19.4. The zero-order valence-corrected chi connectivity index (χ0v) is 17.1. The van der Waals surface area contributed by atoms with Crippen molar-refractivity contribution in [1.82, 2.24) is 19.3 Å². The SMILES string of the molecule is O=C(c1cn2ccsc2n1)N1CCc2c([nH]c3ccccc23)C1C1CCCCC1. The van der Waals surface area contributed by atoms with Crippen LogP contribution in [0, 0.1) is 5.92 Å². The molecule has 5 nitrogen and oxygen atoms in total. The van der Waals surface area contributed by atoms with Crippen LogP contribution in [0.3, 0.4) is 0 Å². The normalized spacial score (nSPS) is 20.4. The molecule has 148 valence electrons. The molecule has 0 bridgehead atoms. The van der Waals surface area contributed by atoms with Crippen LogP contribution in [0.5, 0.6) is 0 Å². The van der Waals surface area contributed by atoms with Crippen molar-refractivity contribution in [1.29, 1.82) is 0 Å². The molecule has 4 heterocycles. The van der Waals surface area contributed by atoms with E-state index in [1.165, 1.54) is 54.3 Å². The van der Waals surface area contributed by atoms with Gasteiger partial charge in [0.2, 0.25) is 0 Å². The number of amides is 1. The second-order valence-corrected chi connectivity index (χ2v) is 9.25. The topological polar surface area (TPSA) is 53.4 Å². The molecule has 1 aromatic carbocycles. The number of carbonyl (C=O) groups excluding carboxylic acids is 1. The van der Waals surface area contributed by atoms with Gasteiger partial charge in [0, 0.05) is 40.9 Å². The van der Waals surface area contributed by atoms with Crippen LogP contribution in [0.4, 0.5) is 0 Å². The first-order chi connectivity index (χ1) is 14.3. The number of aromatic amines is 1. The molecule has 29 heavy (non-hydrogen) atoms. The van der Waals surface area contributed by atoms with E-state index in [1.807, 2.05) is 22.2 Å². The summed E-state index contributed by atoms with van der Waals surface area (Å²) in [6, 6.07) is 8.69. The molecule has 0 saturated heterocycles. The highest BCUT2D eigenvalue weighted by molar-refractivity contribution is 7.15. The van der Waals surface area contributed by atoms with Gasteiger partial charge in [0.25, 0.3) is 5.91 Å². The van der Waals surface area contributed by atoms with Crippen molar-refractivity contribution in [2.24, 2.45) is 5.92 Å². The van der Waals surface area contributed by atoms with E-state index in [4.69, 9.17) is 0 Å². The summed E-state index contributed by atoms with van der Waals surface area (Å²) in [5, 5.41) is 3.32. The summed E-state index contributed by atoms with van der Waals surface area (Å²) in [5.74, 6) is 0.587. The number of nitrogens with zero attached hydrogens (tertiary/aromatic N) is 3. The fourth-order valence-corrected chi connectivity index (χ4v) is 6.12. The number of rotatable bonds is 2. The summed E-state index contributed by atoms with van der Waals surface area (Å²) in [6.07, 6.45) is 11.0. The second-order valence-electron chi connectivity index (χ2n) is 8.37. The van der Waals surface area contributed by atoms with Crippen molar-refractivity contribution >= 4 is 33.1 Å². The summed E-state index contributed by atoms with van der Waals surface area (Å²) in [7, 11) is 0. The first-order valence-corrected chi connectivity index (χ1v) is 11.5. The van der Waals surface area contributed by atoms with E-state index in [-0.39, 0.29) is 11.9 Å². The van der Waals surface area contributed by atoms with Gasteiger partial charge in [-0.1, -0.05) is 37.5 Å². The fraction of sp³-hybridized carbons (Fsp3) is 0.391. The van der Waals surface area contributed by atoms with Crippen LogP contribution in [0.15, 0.2) is 42.0 Å². The van der Waals surface area contributed by atoms with Crippen LogP contribution in [0.2, 0.25) is 0 Å². The van der Waals surface area contributed by atoms with Crippen molar-refractivity contribution in [3.8, 4) is 0 Å². The van der Waals surface area contributed by atoms with Gasteiger partial charge in [-0.2, -0.15) is 0 Å². The lowest BCUT2D eigenvalue weighted by molar-refractivity contribution is 0.0528. The lowest BCUT2D eigenvalue weighted by Crippen LogP contribution is -2.43. The smallest absolute Gasteiger partial charge is 0.274 e. The van der Waals surface area contributed by atoms with E-state index in [0.29, 0.717) is 11.6 Å². The standard InChI is InChI=1S/C23H24N4OS/c28-22(19-14-26-12-13-29-23(26)25-19)27-11-10-17-16-8-4-5-9-18(16)24-20(17)21(27)15-6-2-1-3-7-15/h4-5,8-9,12-15,21,24H,1-3,6-7,10-11H2. The highest BCUT2D eigenvalue weighted by atomic mass is 32.1. The molecule has 1 amide bonds. The van der Waals surface area contributed by atoms with Crippen molar-refractivity contribution in [3.05, 3.63) is 59.0 Å². The van der Waals surface area contributed by atoms with Gasteiger partial charge < -0.3 is 9.88 Å². The van der Waals surface area contributed by atoms with Gasteiger partial charge in [0.05, 0.1) is 6.04 Å². The summed E-state index contributed by atoms with van der Waals surface area (Å²) in [6.45, 7) is 0.764. The van der Waals surface area contributed by atoms with E-state index < -0.39 is 0 Å². The Morgan fingerprint density at radius 1 is 1.17 bits per heavy atom. The van der Waals surface area contributed by atoms with Crippen molar-refractivity contribution in [2.45, 2.75) is 44.6 Å². The van der Waals surface area contributed by atoms with Gasteiger partial charge >= 0.3 is 0 Å². The zero-order valence-electron chi connectivity index (χ0n) is 16.3. The van der Waals surface area contributed by atoms with Crippen LogP contribution >= 0.6 is 11.3 Å². The quantitative estimate of drug-likeness (QED) is 0.499. The summed E-state index contributed by atoms with van der Waals surface area (Å²) in [4.78, 5) is 24.9. The maximum absolute atomic E-state index is 13.6. The second kappa shape index (κ2) is 6.73. The molecule has 6 rings (SSSR count). The Balaban J connectivity index is 1.44. The first-order valence-electron chi connectivity index (χ1n) is 10.6. The molecule has 1 N–H and O–H groups in total. The molecule has 3 aromatic heterocycles. The summed E-state index contributed by atoms with van der Waals surface area (Å²) >= 11 is 1.57. The highest BCUT2D eigenvalue weighted by Gasteiger charge is 2.39. The number of benzene rings is 1. The molecule has 1 aliphatic carbocycles. The van der Waals surface area contributed by atoms with E-state index in [2.05, 4.69) is 39.1 Å². The molecule has 6 heteroatoms. The minimum atomic E-state index is 0.0702. The van der Waals surface area contributed by atoms with Crippen molar-refractivity contribution < 1.29 is 4.79 Å². The maximum Gasteiger partial charge on any atom is 0.274 e. The number of imidazole rings is 1. The van der Waals surface area contributed by atoms with Gasteiger partial charge in [-0.3, -0.25) is 9.20 Å². The Hall–Kier alpha value is -2.60. The monoisotopic (exact) mass is 404 g/mol. The van der Waals surface area contributed by atoms with Crippen LogP contribution in [-0.4, -0.2) is 31.7 Å². The van der Waals surface area contributed by atoms with Crippen molar-refractivity contribution in [2.75, 3.05) is 6.54 Å². The Labute approximate surface area is 173 Å². The molecule has 2 aliphatic rings. The van der Waals surface area contributed by atoms with E-state index in [9.17, 15) is 4.79 Å². The van der Waals surface area contributed by atoms with Crippen LogP contribution < -0.4 is 0 Å². The molecule has 1 aliphatic heterocycles. The molecule has 1 unspecified atom stereocenters. The third-order valence-corrected chi connectivity index (χ3v) is 7.52. The highest BCUT2D eigenvalue weighted by Crippen LogP contribution is 2.44. The first kappa shape index (κ1) is 17.3. The van der Waals surface area contributed by atoms with Gasteiger partial charge in [0.1, 0.15) is 5.69 Å². The van der Waals surface area contributed by atoms with E-state index in [1.54, 1.807) is 11.3 Å². The predicted molar refractivity (Wildman–Crippen MR) is 115 cm³/mol. The van der Waals surface area contributed by atoms with Crippen LogP contribution in [0.1, 0.15) is 59.9 Å². The number of nitrogens with one attached hydrogen (secondary N) is 1. The number of carbonyl (C=O) groups is 1. The predicted octanol–water partition coefficient (Wildman–Crippen LogP) is 5.20. The molecular formula is C23H24N4OS. The molecular weight excluding hydrogens is 380 g/mol. The van der Waals surface area contributed by atoms with Crippen LogP contribution in [0.25, 0.3) is 15.9 Å². The molecule has 0 radical (unpaired) electrons. The third-order valence-electron chi connectivity index (χ3n) is 6.75. The molecule has 1 fully saturated rings. The Kier molecular flexibility index (Phi) is 4.01. The number of fused-ring (bicyclic) bond motifs is 4. The summed E-state index contributed by atoms with van der Waals surface area (Å²) < 4.78 is 1.95. The number of H-pyrrole nitrogens is 1. The number of thiazole rings is 1. The van der Waals surface area contributed by atoms with E-state index >= 15 is 0 Å². The lowest BCUT2D eigenvalue weighted by atomic mass is 9.79. The minimum absolute atomic E-state index is 0.0702. The maximum atomic E-state index is 13.6. The number of para-hydroxylation sites is 1. The van der Waals surface area contributed by atoms with Gasteiger partial charge in [-0.25, -0.2) is 4.98 Å². The molecule has 1 saturated carbocycles. The summed E-state index contributed by atoms with van der Waals surface area (Å²) in [5.41, 5.74) is 4.43. The Morgan fingerprint density at radius 2 is 2.03 bits per heavy atom. The average molecular weight is 405 g/mol. The Bertz CT molecular complexity index is 1170. The van der Waals surface area contributed by atoms with Crippen molar-refractivity contribution in [3.63, 3.8) is 0 Å². The molecule has 1 atom stereocenters. The largest absolute Gasteiger partial charge is 0.356 e. The van der Waals surface area contributed by atoms with Gasteiger partial charge in [0.15, 0.2) is 4.96 Å². The van der Waals surface area contributed by atoms with Crippen LogP contribution in [-0.2, 0) is 6.42 Å². The third kappa shape index (κ3) is 2.73. The van der Waals surface area contributed by atoms with E-state index in [0.717, 1.165) is 17.9 Å². The van der Waals surface area contributed by atoms with Gasteiger partial charge in [-0.05, 0) is 36.8 Å². The number of hydrogen-bond acceptors (Lipinski definition) is 3. The number of aromatic nitrogens is 3. The fourth-order valence-electron chi connectivity index (χ4n) is 5.42. The minimum Gasteiger partial charge on any atom is -0.356 e. The molecule has 4 aromatic rings.